The monoisotopic (exact) mass is 437 g/mol. The van der Waals surface area contributed by atoms with Crippen LogP contribution in [0, 0.1) is 11.3 Å². The quantitative estimate of drug-likeness (QED) is 0.602. The summed E-state index contributed by atoms with van der Waals surface area (Å²) in [6, 6.07) is 6.91. The van der Waals surface area contributed by atoms with E-state index in [-0.39, 0.29) is 28.8 Å². The van der Waals surface area contributed by atoms with Gasteiger partial charge in [-0.3, -0.25) is 9.36 Å². The number of benzene rings is 1. The predicted octanol–water partition coefficient (Wildman–Crippen LogP) is 3.43. The van der Waals surface area contributed by atoms with Gasteiger partial charge in [0.2, 0.25) is 11.6 Å². The highest BCUT2D eigenvalue weighted by molar-refractivity contribution is 6.30. The Bertz CT molecular complexity index is 1190. The van der Waals surface area contributed by atoms with E-state index in [1.165, 1.54) is 31.5 Å². The molecule has 2 heterocycles. The normalized spacial score (nSPS) is 11.1. The molecule has 0 spiro atoms. The van der Waals surface area contributed by atoms with E-state index in [0.717, 1.165) is 17.0 Å². The molecule has 12 heteroatoms. The number of nitriles is 1. The van der Waals surface area contributed by atoms with Crippen molar-refractivity contribution in [2.24, 2.45) is 0 Å². The van der Waals surface area contributed by atoms with Crippen LogP contribution in [0.15, 0.2) is 41.6 Å². The first-order valence-corrected chi connectivity index (χ1v) is 8.50. The van der Waals surface area contributed by atoms with Crippen molar-refractivity contribution in [1.29, 1.82) is 5.26 Å². The van der Waals surface area contributed by atoms with Gasteiger partial charge in [0.05, 0.1) is 37.8 Å². The summed E-state index contributed by atoms with van der Waals surface area (Å²) in [4.78, 5) is 16.2. The van der Waals surface area contributed by atoms with Gasteiger partial charge in [0.15, 0.2) is 5.69 Å². The van der Waals surface area contributed by atoms with E-state index in [0.29, 0.717) is 5.56 Å². The Morgan fingerprint density at radius 1 is 1.30 bits per heavy atom. The van der Waals surface area contributed by atoms with Crippen LogP contribution >= 0.6 is 11.6 Å². The molecule has 0 N–H and O–H groups in total. The summed E-state index contributed by atoms with van der Waals surface area (Å²) in [6.45, 7) is -0.196. The number of hydrogen-bond donors (Lipinski definition) is 0. The zero-order chi connectivity index (χ0) is 21.9. The van der Waals surface area contributed by atoms with Crippen LogP contribution in [0.2, 0.25) is 5.02 Å². The molecule has 0 fully saturated rings. The number of hydrogen-bond acceptors (Lipinski definition) is 7. The van der Waals surface area contributed by atoms with E-state index in [1.807, 2.05) is 0 Å². The molecule has 1 aromatic carbocycles. The lowest BCUT2D eigenvalue weighted by atomic mass is 10.2. The first-order valence-electron chi connectivity index (χ1n) is 8.12. The number of alkyl halides is 3. The lowest BCUT2D eigenvalue weighted by molar-refractivity contribution is -0.142. The summed E-state index contributed by atoms with van der Waals surface area (Å²) in [7, 11) is 1.34. The molecule has 2 aromatic heterocycles. The van der Waals surface area contributed by atoms with Gasteiger partial charge in [0, 0.05) is 10.6 Å². The summed E-state index contributed by atoms with van der Waals surface area (Å²) in [5, 5.41) is 16.4. The molecule has 0 amide bonds. The average molecular weight is 438 g/mol. The van der Waals surface area contributed by atoms with Gasteiger partial charge in [-0.1, -0.05) is 11.6 Å². The summed E-state index contributed by atoms with van der Waals surface area (Å²) < 4.78 is 51.4. The van der Waals surface area contributed by atoms with Gasteiger partial charge in [0.25, 0.3) is 5.56 Å². The Morgan fingerprint density at radius 2 is 2.07 bits per heavy atom. The molecule has 0 unspecified atom stereocenters. The average Bonchev–Trinajstić information content (AvgIpc) is 2.70. The number of halogens is 4. The molecule has 0 saturated heterocycles. The number of aromatic nitrogens is 4. The highest BCUT2D eigenvalue weighted by atomic mass is 35.5. The van der Waals surface area contributed by atoms with E-state index in [1.54, 1.807) is 6.07 Å². The second-order valence-corrected chi connectivity index (χ2v) is 6.24. The Hall–Kier alpha value is -3.65. The van der Waals surface area contributed by atoms with Crippen molar-refractivity contribution in [3.63, 3.8) is 0 Å². The SMILES string of the molecule is COc1nnccc1Cn1cnc(C(F)(F)F)c(Oc2cc(Cl)cc(C#N)c2)c1=O. The van der Waals surface area contributed by atoms with Crippen molar-refractivity contribution in [2.45, 2.75) is 12.7 Å². The Balaban J connectivity index is 2.10. The Kier molecular flexibility index (Phi) is 5.89. The van der Waals surface area contributed by atoms with Crippen molar-refractivity contribution >= 4 is 11.6 Å². The molecule has 0 saturated carbocycles. The van der Waals surface area contributed by atoms with Crippen molar-refractivity contribution in [3.8, 4) is 23.4 Å². The van der Waals surface area contributed by atoms with Gasteiger partial charge in [-0.2, -0.15) is 23.5 Å². The van der Waals surface area contributed by atoms with Crippen molar-refractivity contribution in [1.82, 2.24) is 19.7 Å². The Labute approximate surface area is 172 Å². The summed E-state index contributed by atoms with van der Waals surface area (Å²) >= 11 is 5.86. The zero-order valence-electron chi connectivity index (χ0n) is 15.1. The molecule has 0 aliphatic carbocycles. The van der Waals surface area contributed by atoms with E-state index in [2.05, 4.69) is 15.2 Å². The van der Waals surface area contributed by atoms with Crippen molar-refractivity contribution in [3.05, 3.63) is 69.0 Å². The molecular weight excluding hydrogens is 427 g/mol. The Morgan fingerprint density at radius 3 is 2.73 bits per heavy atom. The number of nitrogens with zero attached hydrogens (tertiary/aromatic N) is 5. The number of methoxy groups -OCH3 is 1. The first-order chi connectivity index (χ1) is 14.2. The maximum atomic E-state index is 13.4. The molecule has 3 aromatic rings. The van der Waals surface area contributed by atoms with Crippen LogP contribution < -0.4 is 15.0 Å². The van der Waals surface area contributed by atoms with Crippen LogP contribution in [-0.2, 0) is 12.7 Å². The van der Waals surface area contributed by atoms with Gasteiger partial charge >= 0.3 is 6.18 Å². The molecular formula is C18H11ClF3N5O3. The molecule has 0 atom stereocenters. The third-order valence-electron chi connectivity index (χ3n) is 3.78. The highest BCUT2D eigenvalue weighted by Crippen LogP contribution is 2.35. The van der Waals surface area contributed by atoms with E-state index >= 15 is 0 Å². The first kappa shape index (κ1) is 21.1. The van der Waals surface area contributed by atoms with Crippen LogP contribution in [0.4, 0.5) is 13.2 Å². The molecule has 0 aliphatic rings. The van der Waals surface area contributed by atoms with Gasteiger partial charge in [0.1, 0.15) is 5.75 Å². The minimum absolute atomic E-state index is 0.0443. The molecule has 154 valence electrons. The lowest BCUT2D eigenvalue weighted by Gasteiger charge is -2.15. The van der Waals surface area contributed by atoms with Crippen LogP contribution in [0.25, 0.3) is 0 Å². The van der Waals surface area contributed by atoms with Gasteiger partial charge in [-0.25, -0.2) is 4.98 Å². The van der Waals surface area contributed by atoms with Gasteiger partial charge in [-0.15, -0.1) is 5.10 Å². The van der Waals surface area contributed by atoms with E-state index in [9.17, 15) is 18.0 Å². The highest BCUT2D eigenvalue weighted by Gasteiger charge is 2.38. The van der Waals surface area contributed by atoms with Crippen LogP contribution in [0.3, 0.4) is 0 Å². The van der Waals surface area contributed by atoms with E-state index < -0.39 is 23.2 Å². The maximum Gasteiger partial charge on any atom is 0.437 e. The standard InChI is InChI=1S/C18H11ClF3N5O3/c1-29-16-11(2-3-25-26-16)8-27-9-24-15(18(20,21)22)14(17(27)28)30-13-5-10(7-23)4-12(19)6-13/h2-6,9H,8H2,1H3. The molecule has 8 nitrogen and oxygen atoms in total. The lowest BCUT2D eigenvalue weighted by Crippen LogP contribution is -2.27. The molecule has 30 heavy (non-hydrogen) atoms. The topological polar surface area (TPSA) is 103 Å². The van der Waals surface area contributed by atoms with Crippen LogP contribution in [0.1, 0.15) is 16.8 Å². The van der Waals surface area contributed by atoms with E-state index in [4.69, 9.17) is 26.3 Å². The molecule has 3 rings (SSSR count). The fourth-order valence-electron chi connectivity index (χ4n) is 2.50. The number of rotatable bonds is 5. The number of ether oxygens (including phenoxy) is 2. The second-order valence-electron chi connectivity index (χ2n) is 5.81. The van der Waals surface area contributed by atoms with Gasteiger partial charge < -0.3 is 9.47 Å². The zero-order valence-corrected chi connectivity index (χ0v) is 15.9. The smallest absolute Gasteiger partial charge is 0.437 e. The summed E-state index contributed by atoms with van der Waals surface area (Å²) in [5.74, 6) is -1.18. The van der Waals surface area contributed by atoms with Crippen molar-refractivity contribution < 1.29 is 22.6 Å². The fraction of sp³-hybridized carbons (Fsp3) is 0.167. The van der Waals surface area contributed by atoms with Crippen LogP contribution in [-0.4, -0.2) is 26.9 Å². The maximum absolute atomic E-state index is 13.4. The molecule has 0 aliphatic heterocycles. The third-order valence-corrected chi connectivity index (χ3v) is 4.00. The minimum atomic E-state index is -4.96. The molecule has 0 bridgehead atoms. The van der Waals surface area contributed by atoms with Crippen molar-refractivity contribution in [2.75, 3.05) is 7.11 Å². The molecule has 0 radical (unpaired) electrons. The minimum Gasteiger partial charge on any atom is -0.480 e. The predicted molar refractivity (Wildman–Crippen MR) is 97.4 cm³/mol. The summed E-state index contributed by atoms with van der Waals surface area (Å²) in [5.41, 5.74) is -2.18. The second kappa shape index (κ2) is 8.38. The summed E-state index contributed by atoms with van der Waals surface area (Å²) in [6.07, 6.45) is -2.87. The van der Waals surface area contributed by atoms with Gasteiger partial charge in [-0.05, 0) is 24.3 Å². The largest absolute Gasteiger partial charge is 0.480 e. The fourth-order valence-corrected chi connectivity index (χ4v) is 2.73. The third kappa shape index (κ3) is 4.49. The van der Waals surface area contributed by atoms with Crippen LogP contribution in [0.5, 0.6) is 17.4 Å².